The van der Waals surface area contributed by atoms with E-state index in [9.17, 15) is 9.59 Å². The summed E-state index contributed by atoms with van der Waals surface area (Å²) in [6.45, 7) is 13.0. The second-order valence-electron chi connectivity index (χ2n) is 9.95. The minimum atomic E-state index is -1.68. The SMILES string of the molecule is Cc1nscc1NC(=O)N1Cc2c(NC(=O)C3([Si](C)(C)C)CCC3)n[nH]c2C1(C)C. The summed E-state index contributed by atoms with van der Waals surface area (Å²) in [5, 5.41) is 15.1. The maximum Gasteiger partial charge on any atom is 0.322 e. The molecule has 2 aromatic rings. The van der Waals surface area contributed by atoms with Gasteiger partial charge in [-0.1, -0.05) is 26.1 Å². The highest BCUT2D eigenvalue weighted by molar-refractivity contribution is 7.04. The van der Waals surface area contributed by atoms with Crippen molar-refractivity contribution in [2.45, 2.75) is 76.8 Å². The summed E-state index contributed by atoms with van der Waals surface area (Å²) < 4.78 is 4.21. The molecular weight excluding hydrogens is 416 g/mol. The number of hydrogen-bond donors (Lipinski definition) is 3. The van der Waals surface area contributed by atoms with Gasteiger partial charge in [0.15, 0.2) is 5.82 Å². The van der Waals surface area contributed by atoms with Gasteiger partial charge in [-0.3, -0.25) is 9.89 Å². The Morgan fingerprint density at radius 1 is 1.23 bits per heavy atom. The fourth-order valence-electron chi connectivity index (χ4n) is 4.62. The molecule has 4 rings (SSSR count). The van der Waals surface area contributed by atoms with Crippen molar-refractivity contribution in [2.24, 2.45) is 0 Å². The highest BCUT2D eigenvalue weighted by atomic mass is 32.1. The molecule has 0 aromatic carbocycles. The standard InChI is InChI=1S/C20H30N6O2SSi/c1-12-14(11-29-25-12)21-18(28)26-10-13-15(19(26,2)3)23-24-16(13)22-17(27)20(8-7-9-20)30(4,5)6/h11H,7-10H2,1-6H3,(H,21,28)(H2,22,23,24,27). The van der Waals surface area contributed by atoms with Crippen LogP contribution in [0.1, 0.15) is 50.1 Å². The van der Waals surface area contributed by atoms with Gasteiger partial charge < -0.3 is 15.5 Å². The van der Waals surface area contributed by atoms with Gasteiger partial charge in [-0.05, 0) is 45.1 Å². The van der Waals surface area contributed by atoms with Crippen molar-refractivity contribution in [3.05, 3.63) is 22.3 Å². The molecule has 30 heavy (non-hydrogen) atoms. The highest BCUT2D eigenvalue weighted by Gasteiger charge is 2.54. The molecule has 2 aromatic heterocycles. The smallest absolute Gasteiger partial charge is 0.309 e. The Bertz CT molecular complexity index is 1000. The molecule has 3 heterocycles. The first-order chi connectivity index (χ1) is 14.0. The van der Waals surface area contributed by atoms with Crippen molar-refractivity contribution in [1.82, 2.24) is 19.5 Å². The number of aryl methyl sites for hydroxylation is 1. The Hall–Kier alpha value is -2.20. The van der Waals surface area contributed by atoms with Crippen LogP contribution >= 0.6 is 11.5 Å². The van der Waals surface area contributed by atoms with E-state index in [0.29, 0.717) is 12.4 Å². The maximum atomic E-state index is 13.3. The lowest BCUT2D eigenvalue weighted by atomic mass is 9.83. The van der Waals surface area contributed by atoms with Crippen LogP contribution in [0.3, 0.4) is 0 Å². The first kappa shape index (κ1) is 21.0. The number of amides is 3. The second-order valence-corrected chi connectivity index (χ2v) is 16.0. The van der Waals surface area contributed by atoms with Gasteiger partial charge in [-0.25, -0.2) is 4.79 Å². The predicted octanol–water partition coefficient (Wildman–Crippen LogP) is 4.66. The molecule has 0 saturated heterocycles. The van der Waals surface area contributed by atoms with Gasteiger partial charge in [0, 0.05) is 16.0 Å². The van der Waals surface area contributed by atoms with E-state index in [4.69, 9.17) is 0 Å². The zero-order valence-corrected chi connectivity index (χ0v) is 20.3. The molecule has 0 radical (unpaired) electrons. The number of anilines is 2. The van der Waals surface area contributed by atoms with Crippen LogP contribution in [-0.4, -0.2) is 39.5 Å². The largest absolute Gasteiger partial charge is 0.322 e. The molecule has 1 aliphatic carbocycles. The number of aromatic nitrogens is 3. The lowest BCUT2D eigenvalue weighted by molar-refractivity contribution is -0.121. The molecule has 8 nitrogen and oxygen atoms in total. The summed E-state index contributed by atoms with van der Waals surface area (Å²) in [4.78, 5) is 28.0. The Labute approximate surface area is 182 Å². The van der Waals surface area contributed by atoms with E-state index < -0.39 is 13.6 Å². The zero-order chi connectivity index (χ0) is 21.9. The monoisotopic (exact) mass is 446 g/mol. The van der Waals surface area contributed by atoms with Crippen molar-refractivity contribution >= 4 is 43.0 Å². The third kappa shape index (κ3) is 3.08. The summed E-state index contributed by atoms with van der Waals surface area (Å²) in [6, 6.07) is -0.192. The number of aromatic amines is 1. The molecule has 2 aliphatic rings. The van der Waals surface area contributed by atoms with Crippen LogP contribution < -0.4 is 10.6 Å². The van der Waals surface area contributed by atoms with Crippen molar-refractivity contribution in [3.63, 3.8) is 0 Å². The minimum Gasteiger partial charge on any atom is -0.309 e. The normalized spacial score (nSPS) is 19.2. The van der Waals surface area contributed by atoms with Gasteiger partial charge in [0.25, 0.3) is 0 Å². The molecule has 1 fully saturated rings. The zero-order valence-electron chi connectivity index (χ0n) is 18.5. The number of nitrogens with one attached hydrogen (secondary N) is 3. The molecule has 1 aliphatic heterocycles. The maximum absolute atomic E-state index is 13.3. The van der Waals surface area contributed by atoms with Crippen molar-refractivity contribution in [1.29, 1.82) is 0 Å². The number of carbonyl (C=O) groups excluding carboxylic acids is 2. The number of nitrogens with zero attached hydrogens (tertiary/aromatic N) is 3. The van der Waals surface area contributed by atoms with Crippen LogP contribution in [0.2, 0.25) is 24.7 Å². The second kappa shape index (κ2) is 6.91. The van der Waals surface area contributed by atoms with Crippen LogP contribution in [0.25, 0.3) is 0 Å². The summed E-state index contributed by atoms with van der Waals surface area (Å²) in [5.74, 6) is 0.638. The van der Waals surface area contributed by atoms with Gasteiger partial charge in [-0.2, -0.15) is 9.47 Å². The lowest BCUT2D eigenvalue weighted by Gasteiger charge is -2.48. The first-order valence-corrected chi connectivity index (χ1v) is 14.7. The average Bonchev–Trinajstić information content (AvgIpc) is 3.23. The van der Waals surface area contributed by atoms with Gasteiger partial charge in [0.2, 0.25) is 5.91 Å². The molecule has 3 N–H and O–H groups in total. The predicted molar refractivity (Wildman–Crippen MR) is 122 cm³/mol. The van der Waals surface area contributed by atoms with Crippen molar-refractivity contribution in [3.8, 4) is 0 Å². The van der Waals surface area contributed by atoms with E-state index in [2.05, 4.69) is 44.8 Å². The molecule has 1 saturated carbocycles. The van der Waals surface area contributed by atoms with Gasteiger partial charge in [-0.15, -0.1) is 0 Å². The van der Waals surface area contributed by atoms with E-state index in [1.807, 2.05) is 26.2 Å². The summed E-state index contributed by atoms with van der Waals surface area (Å²) >= 11 is 1.32. The Morgan fingerprint density at radius 2 is 1.93 bits per heavy atom. The van der Waals surface area contributed by atoms with Gasteiger partial charge >= 0.3 is 6.03 Å². The number of fused-ring (bicyclic) bond motifs is 1. The van der Waals surface area contributed by atoms with Crippen LogP contribution in [-0.2, 0) is 16.9 Å². The third-order valence-electron chi connectivity index (χ3n) is 7.02. The van der Waals surface area contributed by atoms with Crippen LogP contribution in [0.15, 0.2) is 5.38 Å². The minimum absolute atomic E-state index is 0.0860. The summed E-state index contributed by atoms with van der Waals surface area (Å²) in [6.07, 6.45) is 3.01. The fourth-order valence-corrected chi connectivity index (χ4v) is 7.86. The molecule has 0 atom stereocenters. The topological polar surface area (TPSA) is 103 Å². The summed E-state index contributed by atoms with van der Waals surface area (Å²) in [5.41, 5.74) is 2.71. The number of carbonyl (C=O) groups is 2. The number of urea groups is 1. The molecule has 10 heteroatoms. The van der Waals surface area contributed by atoms with Crippen LogP contribution in [0.5, 0.6) is 0 Å². The summed E-state index contributed by atoms with van der Waals surface area (Å²) in [7, 11) is -1.68. The van der Waals surface area contributed by atoms with Crippen LogP contribution in [0.4, 0.5) is 16.3 Å². The van der Waals surface area contributed by atoms with Crippen molar-refractivity contribution in [2.75, 3.05) is 10.6 Å². The molecule has 0 spiro atoms. The molecule has 0 unspecified atom stereocenters. The Kier molecular flexibility index (Phi) is 4.85. The third-order valence-corrected chi connectivity index (χ3v) is 11.3. The number of rotatable bonds is 4. The van der Waals surface area contributed by atoms with E-state index in [0.717, 1.165) is 41.9 Å². The van der Waals surface area contributed by atoms with Crippen molar-refractivity contribution < 1.29 is 9.59 Å². The molecular formula is C20H30N6O2SSi. The highest BCUT2D eigenvalue weighted by Crippen LogP contribution is 2.56. The van der Waals surface area contributed by atoms with E-state index in [-0.39, 0.29) is 17.0 Å². The fraction of sp³-hybridized carbons (Fsp3) is 0.600. The van der Waals surface area contributed by atoms with Gasteiger partial charge in [0.1, 0.15) is 0 Å². The Morgan fingerprint density at radius 3 is 2.47 bits per heavy atom. The molecule has 162 valence electrons. The number of hydrogen-bond acceptors (Lipinski definition) is 5. The molecule has 3 amide bonds. The van der Waals surface area contributed by atoms with Gasteiger partial charge in [0.05, 0.1) is 37.2 Å². The Balaban J connectivity index is 1.55. The van der Waals surface area contributed by atoms with E-state index in [1.165, 1.54) is 11.5 Å². The van der Waals surface area contributed by atoms with E-state index in [1.54, 1.807) is 4.90 Å². The average molecular weight is 447 g/mol. The number of H-pyrrole nitrogens is 1. The van der Waals surface area contributed by atoms with E-state index >= 15 is 0 Å². The lowest BCUT2D eigenvalue weighted by Crippen LogP contribution is -2.52. The molecule has 0 bridgehead atoms. The first-order valence-electron chi connectivity index (χ1n) is 10.4. The quantitative estimate of drug-likeness (QED) is 0.594. The van der Waals surface area contributed by atoms with Crippen LogP contribution in [0, 0.1) is 6.92 Å².